The SMILES string of the molecule is Cc1cc(C)n(-c2cccc(C(=O)NCc3nnc(SC[C@@H]4CCCO4)n3Cc3ccccc3)c2)n1. The van der Waals surface area contributed by atoms with Crippen molar-refractivity contribution >= 4 is 17.7 Å². The number of hydrogen-bond donors (Lipinski definition) is 1. The Bertz CT molecular complexity index is 1330. The molecule has 1 N–H and O–H groups in total. The second-order valence-corrected chi connectivity index (χ2v) is 9.98. The monoisotopic (exact) mass is 502 g/mol. The summed E-state index contributed by atoms with van der Waals surface area (Å²) in [5.74, 6) is 1.40. The van der Waals surface area contributed by atoms with Gasteiger partial charge in [0.15, 0.2) is 11.0 Å². The van der Waals surface area contributed by atoms with Gasteiger partial charge >= 0.3 is 0 Å². The Balaban J connectivity index is 1.31. The molecule has 1 atom stereocenters. The van der Waals surface area contributed by atoms with E-state index in [2.05, 4.69) is 37.3 Å². The second kappa shape index (κ2) is 11.1. The number of rotatable bonds is 9. The van der Waals surface area contributed by atoms with E-state index in [1.165, 1.54) is 0 Å². The Hall–Kier alpha value is -3.43. The quantitative estimate of drug-likeness (QED) is 0.343. The molecule has 5 rings (SSSR count). The summed E-state index contributed by atoms with van der Waals surface area (Å²) in [6, 6.07) is 19.7. The van der Waals surface area contributed by atoms with Gasteiger partial charge in [-0.15, -0.1) is 10.2 Å². The van der Waals surface area contributed by atoms with Crippen LogP contribution in [0.5, 0.6) is 0 Å². The van der Waals surface area contributed by atoms with E-state index in [4.69, 9.17) is 4.74 Å². The first-order valence-corrected chi connectivity index (χ1v) is 13.2. The number of benzene rings is 2. The van der Waals surface area contributed by atoms with E-state index in [-0.39, 0.29) is 18.6 Å². The topological polar surface area (TPSA) is 86.9 Å². The molecule has 4 aromatic rings. The van der Waals surface area contributed by atoms with E-state index in [9.17, 15) is 4.79 Å². The average Bonchev–Trinajstić information content (AvgIpc) is 3.63. The molecule has 8 nitrogen and oxygen atoms in total. The number of carbonyl (C=O) groups excluding carboxylic acids is 1. The van der Waals surface area contributed by atoms with Gasteiger partial charge in [-0.3, -0.25) is 4.79 Å². The predicted octanol–water partition coefficient (Wildman–Crippen LogP) is 4.33. The molecule has 1 fully saturated rings. The van der Waals surface area contributed by atoms with Crippen LogP contribution in [0.2, 0.25) is 0 Å². The van der Waals surface area contributed by atoms with Crippen molar-refractivity contribution in [3.63, 3.8) is 0 Å². The van der Waals surface area contributed by atoms with Crippen LogP contribution in [0.1, 0.15) is 46.0 Å². The van der Waals surface area contributed by atoms with Gasteiger partial charge in [0.25, 0.3) is 5.91 Å². The Labute approximate surface area is 215 Å². The maximum atomic E-state index is 13.0. The van der Waals surface area contributed by atoms with Crippen molar-refractivity contribution in [2.45, 2.75) is 51.0 Å². The van der Waals surface area contributed by atoms with Gasteiger partial charge in [-0.2, -0.15) is 5.10 Å². The van der Waals surface area contributed by atoms with Crippen LogP contribution in [0.15, 0.2) is 65.8 Å². The highest BCUT2D eigenvalue weighted by atomic mass is 32.2. The van der Waals surface area contributed by atoms with Gasteiger partial charge in [-0.25, -0.2) is 4.68 Å². The van der Waals surface area contributed by atoms with Gasteiger partial charge in [-0.1, -0.05) is 48.2 Å². The number of nitrogens with one attached hydrogen (secondary N) is 1. The number of amides is 1. The fourth-order valence-corrected chi connectivity index (χ4v) is 5.38. The minimum absolute atomic E-state index is 0.166. The molecular weight excluding hydrogens is 472 g/mol. The highest BCUT2D eigenvalue weighted by molar-refractivity contribution is 7.99. The van der Waals surface area contributed by atoms with Crippen molar-refractivity contribution in [1.29, 1.82) is 0 Å². The third kappa shape index (κ3) is 5.68. The number of ether oxygens (including phenoxy) is 1. The van der Waals surface area contributed by atoms with Crippen molar-refractivity contribution in [3.05, 3.63) is 89.0 Å². The van der Waals surface area contributed by atoms with Crippen molar-refractivity contribution in [2.75, 3.05) is 12.4 Å². The zero-order valence-corrected chi connectivity index (χ0v) is 21.4. The van der Waals surface area contributed by atoms with Crippen molar-refractivity contribution < 1.29 is 9.53 Å². The molecule has 9 heteroatoms. The van der Waals surface area contributed by atoms with Gasteiger partial charge in [0.05, 0.1) is 30.6 Å². The van der Waals surface area contributed by atoms with E-state index in [1.807, 2.05) is 67.1 Å². The minimum atomic E-state index is -0.166. The van der Waals surface area contributed by atoms with E-state index in [0.29, 0.717) is 12.1 Å². The Morgan fingerprint density at radius 2 is 1.97 bits per heavy atom. The number of carbonyl (C=O) groups is 1. The van der Waals surface area contributed by atoms with Crippen LogP contribution in [0.25, 0.3) is 5.69 Å². The Morgan fingerprint density at radius 1 is 1.11 bits per heavy atom. The van der Waals surface area contributed by atoms with Crippen molar-refractivity contribution in [3.8, 4) is 5.69 Å². The third-order valence-corrected chi connectivity index (χ3v) is 7.27. The second-order valence-electron chi connectivity index (χ2n) is 8.99. The van der Waals surface area contributed by atoms with Gasteiger partial charge in [-0.05, 0) is 56.5 Å². The summed E-state index contributed by atoms with van der Waals surface area (Å²) in [5, 5.41) is 17.3. The average molecular weight is 503 g/mol. The van der Waals surface area contributed by atoms with Crippen LogP contribution in [0.4, 0.5) is 0 Å². The predicted molar refractivity (Wildman–Crippen MR) is 139 cm³/mol. The van der Waals surface area contributed by atoms with Gasteiger partial charge in [0.1, 0.15) is 0 Å². The summed E-state index contributed by atoms with van der Waals surface area (Å²) in [6.07, 6.45) is 2.45. The first-order chi connectivity index (χ1) is 17.6. The maximum Gasteiger partial charge on any atom is 0.251 e. The largest absolute Gasteiger partial charge is 0.377 e. The molecule has 0 radical (unpaired) electrons. The number of aryl methyl sites for hydroxylation is 2. The summed E-state index contributed by atoms with van der Waals surface area (Å²) < 4.78 is 9.71. The smallest absolute Gasteiger partial charge is 0.251 e. The Kier molecular flexibility index (Phi) is 7.48. The molecule has 36 heavy (non-hydrogen) atoms. The lowest BCUT2D eigenvalue weighted by atomic mass is 10.2. The van der Waals surface area contributed by atoms with E-state index >= 15 is 0 Å². The van der Waals surface area contributed by atoms with E-state index < -0.39 is 0 Å². The zero-order valence-electron chi connectivity index (χ0n) is 20.6. The van der Waals surface area contributed by atoms with Crippen LogP contribution >= 0.6 is 11.8 Å². The molecule has 0 unspecified atom stereocenters. The van der Waals surface area contributed by atoms with E-state index in [0.717, 1.165) is 58.8 Å². The minimum Gasteiger partial charge on any atom is -0.377 e. The molecule has 0 aliphatic carbocycles. The first kappa shape index (κ1) is 24.3. The molecule has 2 aromatic heterocycles. The summed E-state index contributed by atoms with van der Waals surface area (Å²) >= 11 is 1.66. The molecule has 1 amide bonds. The Morgan fingerprint density at radius 3 is 2.72 bits per heavy atom. The summed E-state index contributed by atoms with van der Waals surface area (Å²) in [4.78, 5) is 13.0. The van der Waals surface area contributed by atoms with Crippen LogP contribution in [0.3, 0.4) is 0 Å². The number of nitrogens with zero attached hydrogens (tertiary/aromatic N) is 5. The van der Waals surface area contributed by atoms with Crippen LogP contribution < -0.4 is 5.32 Å². The molecule has 0 bridgehead atoms. The first-order valence-electron chi connectivity index (χ1n) is 12.2. The fraction of sp³-hybridized carbons (Fsp3) is 0.333. The molecule has 0 saturated carbocycles. The third-order valence-electron chi connectivity index (χ3n) is 6.17. The molecule has 1 aliphatic rings. The summed E-state index contributed by atoms with van der Waals surface area (Å²) in [5.41, 5.74) is 4.54. The van der Waals surface area contributed by atoms with Gasteiger partial charge < -0.3 is 14.6 Å². The zero-order chi connectivity index (χ0) is 24.9. The molecule has 186 valence electrons. The molecule has 3 heterocycles. The lowest BCUT2D eigenvalue weighted by molar-refractivity contribution is 0.0949. The van der Waals surface area contributed by atoms with E-state index in [1.54, 1.807) is 11.8 Å². The summed E-state index contributed by atoms with van der Waals surface area (Å²) in [7, 11) is 0. The molecular formula is C27H30N6O2S. The van der Waals surface area contributed by atoms with Gasteiger partial charge in [0.2, 0.25) is 0 Å². The standard InChI is InChI=1S/C27H30N6O2S/c1-19-14-20(2)33(31-19)23-11-6-10-22(15-23)26(34)28-16-25-29-30-27(36-18-24-12-7-13-35-24)32(25)17-21-8-4-3-5-9-21/h3-6,8-11,14-15,24H,7,12-13,16-18H2,1-2H3,(H,28,34)/t24-/m0/s1. The normalized spacial score (nSPS) is 15.3. The lowest BCUT2D eigenvalue weighted by Gasteiger charge is -2.13. The maximum absolute atomic E-state index is 13.0. The van der Waals surface area contributed by atoms with Crippen molar-refractivity contribution in [1.82, 2.24) is 29.9 Å². The highest BCUT2D eigenvalue weighted by Gasteiger charge is 2.20. The summed E-state index contributed by atoms with van der Waals surface area (Å²) in [6.45, 7) is 5.71. The van der Waals surface area contributed by atoms with Crippen LogP contribution in [-0.2, 0) is 17.8 Å². The van der Waals surface area contributed by atoms with Gasteiger partial charge in [0, 0.05) is 23.6 Å². The molecule has 1 aliphatic heterocycles. The number of hydrogen-bond acceptors (Lipinski definition) is 6. The highest BCUT2D eigenvalue weighted by Crippen LogP contribution is 2.24. The lowest BCUT2D eigenvalue weighted by Crippen LogP contribution is -2.25. The molecule has 0 spiro atoms. The fourth-order valence-electron chi connectivity index (χ4n) is 4.36. The van der Waals surface area contributed by atoms with Crippen LogP contribution in [0, 0.1) is 13.8 Å². The molecule has 2 aromatic carbocycles. The van der Waals surface area contributed by atoms with Crippen molar-refractivity contribution in [2.24, 2.45) is 0 Å². The van der Waals surface area contributed by atoms with Crippen LogP contribution in [-0.4, -0.2) is 48.9 Å². The number of thioether (sulfide) groups is 1. The number of aromatic nitrogens is 5. The molecule has 1 saturated heterocycles.